The topological polar surface area (TPSA) is 47.6 Å². The molecule has 0 aliphatic carbocycles. The van der Waals surface area contributed by atoms with Crippen LogP contribution < -0.4 is 14.8 Å². The number of carbonyl (C=O) groups is 1. The van der Waals surface area contributed by atoms with Crippen molar-refractivity contribution in [2.75, 3.05) is 19.5 Å². The number of ether oxygens (including phenoxy) is 2. The molecule has 0 bridgehead atoms. The summed E-state index contributed by atoms with van der Waals surface area (Å²) in [6, 6.07) is 9.26. The first kappa shape index (κ1) is 17.9. The average molecular weight is 346 g/mol. The SMILES string of the molecule is COc1cc(/C=C/C(=O)Nc2cccc(C)c2C)cc(Cl)c1OC. The van der Waals surface area contributed by atoms with Crippen LogP contribution in [-0.4, -0.2) is 20.1 Å². The lowest BCUT2D eigenvalue weighted by molar-refractivity contribution is -0.111. The van der Waals surface area contributed by atoms with E-state index < -0.39 is 0 Å². The normalized spacial score (nSPS) is 10.7. The van der Waals surface area contributed by atoms with Crippen LogP contribution in [0.15, 0.2) is 36.4 Å². The minimum Gasteiger partial charge on any atom is -0.493 e. The van der Waals surface area contributed by atoms with E-state index in [4.69, 9.17) is 21.1 Å². The van der Waals surface area contributed by atoms with E-state index >= 15 is 0 Å². The number of nitrogens with one attached hydrogen (secondary N) is 1. The second-order valence-corrected chi connectivity index (χ2v) is 5.72. The molecule has 0 saturated carbocycles. The van der Waals surface area contributed by atoms with Crippen LogP contribution in [0.5, 0.6) is 11.5 Å². The van der Waals surface area contributed by atoms with Crippen molar-refractivity contribution in [3.63, 3.8) is 0 Å². The first-order valence-electron chi connectivity index (χ1n) is 7.43. The minimum atomic E-state index is -0.213. The molecule has 0 fully saturated rings. The van der Waals surface area contributed by atoms with Gasteiger partial charge in [-0.05, 0) is 54.8 Å². The van der Waals surface area contributed by atoms with Crippen LogP contribution in [0, 0.1) is 13.8 Å². The molecule has 1 N–H and O–H groups in total. The van der Waals surface area contributed by atoms with Crippen LogP contribution in [0.2, 0.25) is 5.02 Å². The summed E-state index contributed by atoms with van der Waals surface area (Å²) >= 11 is 6.16. The van der Waals surface area contributed by atoms with Gasteiger partial charge in [-0.2, -0.15) is 0 Å². The maximum atomic E-state index is 12.1. The number of benzene rings is 2. The van der Waals surface area contributed by atoms with Crippen molar-refractivity contribution in [1.82, 2.24) is 0 Å². The van der Waals surface area contributed by atoms with E-state index in [9.17, 15) is 4.79 Å². The fraction of sp³-hybridized carbons (Fsp3) is 0.211. The number of hydrogen-bond acceptors (Lipinski definition) is 3. The summed E-state index contributed by atoms with van der Waals surface area (Å²) in [4.78, 5) is 12.1. The van der Waals surface area contributed by atoms with Crippen LogP contribution in [0.4, 0.5) is 5.69 Å². The predicted molar refractivity (Wildman–Crippen MR) is 98.1 cm³/mol. The van der Waals surface area contributed by atoms with Crippen LogP contribution in [0.1, 0.15) is 16.7 Å². The second kappa shape index (κ2) is 7.88. The molecule has 2 aromatic rings. The fourth-order valence-corrected chi connectivity index (χ4v) is 2.56. The van der Waals surface area contributed by atoms with E-state index in [-0.39, 0.29) is 5.91 Å². The highest BCUT2D eigenvalue weighted by molar-refractivity contribution is 6.32. The summed E-state index contributed by atoms with van der Waals surface area (Å²) < 4.78 is 10.4. The van der Waals surface area contributed by atoms with Gasteiger partial charge >= 0.3 is 0 Å². The lowest BCUT2D eigenvalue weighted by Gasteiger charge is -2.10. The third kappa shape index (κ3) is 4.09. The first-order valence-corrected chi connectivity index (χ1v) is 7.81. The van der Waals surface area contributed by atoms with Gasteiger partial charge in [0.25, 0.3) is 0 Å². The van der Waals surface area contributed by atoms with Gasteiger partial charge in [0.1, 0.15) is 0 Å². The molecule has 2 rings (SSSR count). The van der Waals surface area contributed by atoms with E-state index in [1.807, 2.05) is 32.0 Å². The van der Waals surface area contributed by atoms with Crippen LogP contribution in [-0.2, 0) is 4.79 Å². The molecule has 4 nitrogen and oxygen atoms in total. The molecule has 0 atom stereocenters. The number of methoxy groups -OCH3 is 2. The molecule has 5 heteroatoms. The van der Waals surface area contributed by atoms with E-state index in [0.717, 1.165) is 22.4 Å². The van der Waals surface area contributed by atoms with Crippen LogP contribution >= 0.6 is 11.6 Å². The van der Waals surface area contributed by atoms with Crippen molar-refractivity contribution in [2.24, 2.45) is 0 Å². The highest BCUT2D eigenvalue weighted by atomic mass is 35.5. The molecule has 0 radical (unpaired) electrons. The van der Waals surface area contributed by atoms with Gasteiger partial charge in [-0.1, -0.05) is 23.7 Å². The zero-order valence-corrected chi connectivity index (χ0v) is 14.9. The van der Waals surface area contributed by atoms with Gasteiger partial charge in [-0.25, -0.2) is 0 Å². The molecule has 0 heterocycles. The van der Waals surface area contributed by atoms with Crippen LogP contribution in [0.25, 0.3) is 6.08 Å². The van der Waals surface area contributed by atoms with Crippen molar-refractivity contribution in [1.29, 1.82) is 0 Å². The van der Waals surface area contributed by atoms with Crippen molar-refractivity contribution >= 4 is 29.3 Å². The molecule has 0 aliphatic heterocycles. The quantitative estimate of drug-likeness (QED) is 0.804. The van der Waals surface area contributed by atoms with E-state index in [1.54, 1.807) is 18.2 Å². The van der Waals surface area contributed by atoms with Gasteiger partial charge in [-0.3, -0.25) is 4.79 Å². The third-order valence-electron chi connectivity index (χ3n) is 3.75. The van der Waals surface area contributed by atoms with Gasteiger partial charge in [0, 0.05) is 11.8 Å². The predicted octanol–water partition coefficient (Wildman–Crippen LogP) is 4.63. The molecule has 2 aromatic carbocycles. The Morgan fingerprint density at radius 1 is 1.17 bits per heavy atom. The minimum absolute atomic E-state index is 0.213. The number of carbonyl (C=O) groups excluding carboxylic acids is 1. The maximum absolute atomic E-state index is 12.1. The largest absolute Gasteiger partial charge is 0.493 e. The Labute approximate surface area is 147 Å². The number of rotatable bonds is 5. The first-order chi connectivity index (χ1) is 11.5. The Morgan fingerprint density at radius 2 is 1.92 bits per heavy atom. The van der Waals surface area contributed by atoms with Gasteiger partial charge in [-0.15, -0.1) is 0 Å². The number of aryl methyl sites for hydroxylation is 1. The van der Waals surface area contributed by atoms with Crippen molar-refractivity contribution in [3.8, 4) is 11.5 Å². The average Bonchev–Trinajstić information content (AvgIpc) is 2.56. The zero-order chi connectivity index (χ0) is 17.7. The highest BCUT2D eigenvalue weighted by Gasteiger charge is 2.10. The molecular formula is C19H20ClNO3. The second-order valence-electron chi connectivity index (χ2n) is 5.31. The zero-order valence-electron chi connectivity index (χ0n) is 14.1. The summed E-state index contributed by atoms with van der Waals surface area (Å²) in [6.07, 6.45) is 3.13. The smallest absolute Gasteiger partial charge is 0.248 e. The Bertz CT molecular complexity index is 784. The molecular weight excluding hydrogens is 326 g/mol. The number of anilines is 1. The Hall–Kier alpha value is -2.46. The Balaban J connectivity index is 2.17. The van der Waals surface area contributed by atoms with Gasteiger partial charge in [0.15, 0.2) is 11.5 Å². The van der Waals surface area contributed by atoms with Gasteiger partial charge in [0.05, 0.1) is 19.2 Å². The Morgan fingerprint density at radius 3 is 2.58 bits per heavy atom. The molecule has 0 spiro atoms. The summed E-state index contributed by atoms with van der Waals surface area (Å²) in [5, 5.41) is 3.30. The third-order valence-corrected chi connectivity index (χ3v) is 4.03. The molecule has 0 saturated heterocycles. The number of halogens is 1. The van der Waals surface area contributed by atoms with Gasteiger partial charge < -0.3 is 14.8 Å². The molecule has 126 valence electrons. The Kier molecular flexibility index (Phi) is 5.88. The maximum Gasteiger partial charge on any atom is 0.248 e. The van der Waals surface area contributed by atoms with Gasteiger partial charge in [0.2, 0.25) is 5.91 Å². The summed E-state index contributed by atoms with van der Waals surface area (Å²) in [5.74, 6) is 0.769. The monoisotopic (exact) mass is 345 g/mol. The fourth-order valence-electron chi connectivity index (χ4n) is 2.27. The van der Waals surface area contributed by atoms with Crippen LogP contribution in [0.3, 0.4) is 0 Å². The van der Waals surface area contributed by atoms with Crippen molar-refractivity contribution in [2.45, 2.75) is 13.8 Å². The lowest BCUT2D eigenvalue weighted by atomic mass is 10.1. The molecule has 0 aliphatic rings. The molecule has 24 heavy (non-hydrogen) atoms. The van der Waals surface area contributed by atoms with E-state index in [2.05, 4.69) is 5.32 Å². The van der Waals surface area contributed by atoms with E-state index in [0.29, 0.717) is 16.5 Å². The van der Waals surface area contributed by atoms with Crippen molar-refractivity contribution < 1.29 is 14.3 Å². The van der Waals surface area contributed by atoms with E-state index in [1.165, 1.54) is 20.3 Å². The lowest BCUT2D eigenvalue weighted by Crippen LogP contribution is -2.09. The molecule has 0 aromatic heterocycles. The standard InChI is InChI=1S/C19H20ClNO3/c1-12-6-5-7-16(13(12)2)21-18(22)9-8-14-10-15(20)19(24-4)17(11-14)23-3/h5-11H,1-4H3,(H,21,22)/b9-8+. The summed E-state index contributed by atoms with van der Waals surface area (Å²) in [5.41, 5.74) is 3.72. The summed E-state index contributed by atoms with van der Waals surface area (Å²) in [7, 11) is 3.06. The molecule has 1 amide bonds. The molecule has 0 unspecified atom stereocenters. The summed E-state index contributed by atoms with van der Waals surface area (Å²) in [6.45, 7) is 3.98. The van der Waals surface area contributed by atoms with Crippen molar-refractivity contribution in [3.05, 3.63) is 58.1 Å². The number of amides is 1. The highest BCUT2D eigenvalue weighted by Crippen LogP contribution is 2.36. The number of hydrogen-bond donors (Lipinski definition) is 1.